The van der Waals surface area contributed by atoms with Crippen LogP contribution in [0.1, 0.15) is 51.3 Å². The van der Waals surface area contributed by atoms with Gasteiger partial charge in [-0.15, -0.1) is 11.3 Å². The van der Waals surface area contributed by atoms with Crippen LogP contribution in [0.25, 0.3) is 0 Å². The lowest BCUT2D eigenvalue weighted by Crippen LogP contribution is -2.58. The molecule has 120 valence electrons. The molecule has 2 rings (SSSR count). The van der Waals surface area contributed by atoms with E-state index < -0.39 is 0 Å². The molecule has 1 aromatic heterocycles. The minimum atomic E-state index is -0.157. The molecule has 1 aliphatic carbocycles. The fraction of sp³-hybridized carbons (Fsp3) is 0.750. The van der Waals surface area contributed by atoms with Crippen LogP contribution in [0, 0.1) is 5.41 Å². The SMILES string of the molecule is CCOC1(C(Cc2ccc(Cl)s2)NN)CCC(C)(C)CC1. The number of nitrogens with one attached hydrogen (secondary N) is 1. The van der Waals surface area contributed by atoms with Gasteiger partial charge in [-0.2, -0.15) is 0 Å². The van der Waals surface area contributed by atoms with Crippen molar-refractivity contribution < 1.29 is 4.74 Å². The Kier molecular flexibility index (Phi) is 5.71. The van der Waals surface area contributed by atoms with Gasteiger partial charge in [-0.05, 0) is 50.2 Å². The van der Waals surface area contributed by atoms with E-state index in [0.717, 1.165) is 30.2 Å². The van der Waals surface area contributed by atoms with Crippen molar-refractivity contribution in [3.8, 4) is 0 Å². The highest BCUT2D eigenvalue weighted by Gasteiger charge is 2.44. The van der Waals surface area contributed by atoms with E-state index in [2.05, 4.69) is 32.3 Å². The third-order valence-corrected chi connectivity index (χ3v) is 6.01. The Morgan fingerprint density at radius 3 is 2.48 bits per heavy atom. The Bertz CT molecular complexity index is 451. The zero-order valence-electron chi connectivity index (χ0n) is 13.2. The van der Waals surface area contributed by atoms with E-state index in [9.17, 15) is 0 Å². The number of thiophene rings is 1. The van der Waals surface area contributed by atoms with Gasteiger partial charge in [0, 0.05) is 17.9 Å². The van der Waals surface area contributed by atoms with Crippen LogP contribution in [-0.4, -0.2) is 18.2 Å². The van der Waals surface area contributed by atoms with Gasteiger partial charge in [0.2, 0.25) is 0 Å². The first kappa shape index (κ1) is 17.2. The van der Waals surface area contributed by atoms with Crippen LogP contribution < -0.4 is 11.3 Å². The maximum Gasteiger partial charge on any atom is 0.0931 e. The van der Waals surface area contributed by atoms with Crippen molar-refractivity contribution in [3.63, 3.8) is 0 Å². The van der Waals surface area contributed by atoms with Gasteiger partial charge in [0.25, 0.3) is 0 Å². The zero-order valence-corrected chi connectivity index (χ0v) is 14.8. The molecule has 21 heavy (non-hydrogen) atoms. The molecule has 0 radical (unpaired) electrons. The molecule has 1 aliphatic rings. The molecule has 1 fully saturated rings. The largest absolute Gasteiger partial charge is 0.374 e. The topological polar surface area (TPSA) is 47.3 Å². The van der Waals surface area contributed by atoms with Gasteiger partial charge in [0.15, 0.2) is 0 Å². The van der Waals surface area contributed by atoms with Crippen molar-refractivity contribution in [1.29, 1.82) is 0 Å². The lowest BCUT2D eigenvalue weighted by molar-refractivity contribution is -0.106. The summed E-state index contributed by atoms with van der Waals surface area (Å²) in [5, 5.41) is 0. The molecule has 3 nitrogen and oxygen atoms in total. The minimum absolute atomic E-state index is 0.128. The Morgan fingerprint density at radius 1 is 1.33 bits per heavy atom. The minimum Gasteiger partial charge on any atom is -0.374 e. The highest BCUT2D eigenvalue weighted by Crippen LogP contribution is 2.44. The second-order valence-electron chi connectivity index (χ2n) is 6.79. The molecule has 0 aromatic carbocycles. The van der Waals surface area contributed by atoms with Gasteiger partial charge in [0.05, 0.1) is 16.0 Å². The maximum absolute atomic E-state index is 6.22. The van der Waals surface area contributed by atoms with E-state index in [4.69, 9.17) is 22.2 Å². The smallest absolute Gasteiger partial charge is 0.0931 e. The summed E-state index contributed by atoms with van der Waals surface area (Å²) in [6.07, 6.45) is 5.34. The van der Waals surface area contributed by atoms with Crippen LogP contribution in [0.3, 0.4) is 0 Å². The highest BCUT2D eigenvalue weighted by molar-refractivity contribution is 7.16. The second kappa shape index (κ2) is 6.97. The van der Waals surface area contributed by atoms with E-state index in [0.29, 0.717) is 5.41 Å². The van der Waals surface area contributed by atoms with E-state index >= 15 is 0 Å². The molecular weight excluding hydrogens is 304 g/mol. The molecule has 0 aliphatic heterocycles. The van der Waals surface area contributed by atoms with Gasteiger partial charge < -0.3 is 4.74 Å². The summed E-state index contributed by atoms with van der Waals surface area (Å²) in [5.41, 5.74) is 3.27. The van der Waals surface area contributed by atoms with Gasteiger partial charge in [-0.3, -0.25) is 11.3 Å². The van der Waals surface area contributed by atoms with Crippen LogP contribution in [0.15, 0.2) is 12.1 Å². The Morgan fingerprint density at radius 2 is 2.00 bits per heavy atom. The average molecular weight is 331 g/mol. The summed E-state index contributed by atoms with van der Waals surface area (Å²) in [6, 6.07) is 4.17. The monoisotopic (exact) mass is 330 g/mol. The molecule has 1 saturated carbocycles. The number of hydrogen-bond donors (Lipinski definition) is 2. The number of halogens is 1. The van der Waals surface area contributed by atoms with Crippen LogP contribution >= 0.6 is 22.9 Å². The van der Waals surface area contributed by atoms with Gasteiger partial charge >= 0.3 is 0 Å². The first-order valence-electron chi connectivity index (χ1n) is 7.75. The quantitative estimate of drug-likeness (QED) is 0.608. The molecule has 1 heterocycles. The van der Waals surface area contributed by atoms with Crippen molar-refractivity contribution in [2.75, 3.05) is 6.61 Å². The highest BCUT2D eigenvalue weighted by atomic mass is 35.5. The zero-order chi connectivity index (χ0) is 15.5. The summed E-state index contributed by atoms with van der Waals surface area (Å²) in [7, 11) is 0. The number of hydrogen-bond acceptors (Lipinski definition) is 4. The molecule has 5 heteroatoms. The summed E-state index contributed by atoms with van der Waals surface area (Å²) >= 11 is 7.67. The Hall–Kier alpha value is -0.130. The van der Waals surface area contributed by atoms with E-state index in [1.54, 1.807) is 11.3 Å². The first-order chi connectivity index (χ1) is 9.91. The number of ether oxygens (including phenoxy) is 1. The van der Waals surface area contributed by atoms with E-state index in [1.807, 2.05) is 6.07 Å². The van der Waals surface area contributed by atoms with E-state index in [-0.39, 0.29) is 11.6 Å². The number of hydrazine groups is 1. The van der Waals surface area contributed by atoms with Crippen molar-refractivity contribution in [3.05, 3.63) is 21.3 Å². The Balaban J connectivity index is 2.14. The summed E-state index contributed by atoms with van der Waals surface area (Å²) in [4.78, 5) is 1.26. The molecule has 0 bridgehead atoms. The lowest BCUT2D eigenvalue weighted by Gasteiger charge is -2.47. The van der Waals surface area contributed by atoms with Gasteiger partial charge in [0.1, 0.15) is 0 Å². The molecular formula is C16H27ClN2OS. The van der Waals surface area contributed by atoms with Crippen LogP contribution in [-0.2, 0) is 11.2 Å². The molecule has 0 saturated heterocycles. The molecule has 0 amide bonds. The molecule has 0 spiro atoms. The van der Waals surface area contributed by atoms with Crippen LogP contribution in [0.4, 0.5) is 0 Å². The fourth-order valence-corrected chi connectivity index (χ4v) is 4.42. The molecule has 1 aromatic rings. The summed E-state index contributed by atoms with van der Waals surface area (Å²) < 4.78 is 7.05. The van der Waals surface area contributed by atoms with Crippen molar-refractivity contribution in [2.24, 2.45) is 11.3 Å². The van der Waals surface area contributed by atoms with Gasteiger partial charge in [-0.1, -0.05) is 25.4 Å². The predicted octanol–water partition coefficient (Wildman–Crippen LogP) is 4.15. The molecule has 3 N–H and O–H groups in total. The van der Waals surface area contributed by atoms with Crippen molar-refractivity contribution >= 4 is 22.9 Å². The van der Waals surface area contributed by atoms with Gasteiger partial charge in [-0.25, -0.2) is 0 Å². The predicted molar refractivity (Wildman–Crippen MR) is 90.8 cm³/mol. The van der Waals surface area contributed by atoms with Crippen LogP contribution in [0.5, 0.6) is 0 Å². The third-order valence-electron chi connectivity index (χ3n) is 4.75. The third kappa shape index (κ3) is 4.20. The summed E-state index contributed by atoms with van der Waals surface area (Å²) in [6.45, 7) is 7.47. The maximum atomic E-state index is 6.22. The number of nitrogens with two attached hydrogens (primary N) is 1. The average Bonchev–Trinajstić information content (AvgIpc) is 2.85. The lowest BCUT2D eigenvalue weighted by atomic mass is 9.68. The Labute approximate surface area is 137 Å². The number of rotatable bonds is 6. The van der Waals surface area contributed by atoms with Crippen LogP contribution in [0.2, 0.25) is 4.34 Å². The molecule has 1 atom stereocenters. The second-order valence-corrected chi connectivity index (χ2v) is 8.59. The van der Waals surface area contributed by atoms with Crippen molar-refractivity contribution in [2.45, 2.75) is 64.5 Å². The standard InChI is InChI=1S/C16H27ClN2OS/c1-4-20-16(9-7-15(2,3)8-10-16)13(19-18)11-12-5-6-14(17)21-12/h5-6,13,19H,4,7-11,18H2,1-3H3. The normalized spacial score (nSPS) is 22.1. The summed E-state index contributed by atoms with van der Waals surface area (Å²) in [5.74, 6) is 5.88. The van der Waals surface area contributed by atoms with Crippen molar-refractivity contribution in [1.82, 2.24) is 5.43 Å². The molecule has 1 unspecified atom stereocenters. The van der Waals surface area contributed by atoms with E-state index in [1.165, 1.54) is 17.7 Å². The fourth-order valence-electron chi connectivity index (χ4n) is 3.29. The first-order valence-corrected chi connectivity index (χ1v) is 8.94.